The number of carboxylic acids is 1. The molecule has 0 bridgehead atoms. The molecule has 4 rings (SSSR count). The van der Waals surface area contributed by atoms with Crippen LogP contribution in [0.1, 0.15) is 15.9 Å². The Morgan fingerprint density at radius 2 is 1.66 bits per heavy atom. The third kappa shape index (κ3) is 5.28. The quantitative estimate of drug-likeness (QED) is 0.244. The number of rotatable bonds is 8. The summed E-state index contributed by atoms with van der Waals surface area (Å²) in [6, 6.07) is 14.2. The van der Waals surface area contributed by atoms with Crippen LogP contribution in [0.5, 0.6) is 0 Å². The van der Waals surface area contributed by atoms with Crippen molar-refractivity contribution in [1.29, 1.82) is 0 Å². The number of hydrogen-bond donors (Lipinski definition) is 4. The summed E-state index contributed by atoms with van der Waals surface area (Å²) in [6.07, 6.45) is -0.0791. The van der Waals surface area contributed by atoms with Crippen molar-refractivity contribution in [3.05, 3.63) is 103 Å². The van der Waals surface area contributed by atoms with Gasteiger partial charge in [0.15, 0.2) is 0 Å². The monoisotopic (exact) mass is 556 g/mol. The van der Waals surface area contributed by atoms with Gasteiger partial charge < -0.3 is 20.8 Å². The molecule has 0 fully saturated rings. The number of aryl methyl sites for hydroxylation is 1. The fourth-order valence-electron chi connectivity index (χ4n) is 4.05. The highest BCUT2D eigenvalue weighted by molar-refractivity contribution is 6.39. The number of aromatic nitrogens is 2. The fraction of sp³-hybridized carbons (Fsp3) is 0.154. The van der Waals surface area contributed by atoms with Crippen LogP contribution in [0.4, 0.5) is 5.69 Å². The largest absolute Gasteiger partial charge is 0.480 e. The zero-order valence-electron chi connectivity index (χ0n) is 19.9. The summed E-state index contributed by atoms with van der Waals surface area (Å²) in [5, 5.41) is 24.4. The number of aliphatic hydroxyl groups excluding tert-OH is 1. The smallest absolute Gasteiger partial charge is 0.335 e. The van der Waals surface area contributed by atoms with Crippen molar-refractivity contribution in [2.75, 3.05) is 12.0 Å². The minimum absolute atomic E-state index is 0.0266. The Kier molecular flexibility index (Phi) is 7.86. The number of nitrogens with zero attached hydrogens (tertiary/aromatic N) is 2. The van der Waals surface area contributed by atoms with Crippen LogP contribution < -0.4 is 21.9 Å². The van der Waals surface area contributed by atoms with E-state index < -0.39 is 29.2 Å². The van der Waals surface area contributed by atoms with E-state index in [0.717, 1.165) is 4.57 Å². The molecule has 38 heavy (non-hydrogen) atoms. The Morgan fingerprint density at radius 1 is 1.00 bits per heavy atom. The molecule has 0 aliphatic heterocycles. The van der Waals surface area contributed by atoms with Gasteiger partial charge in [-0.25, -0.2) is 14.2 Å². The first kappa shape index (κ1) is 26.9. The second-order valence-corrected chi connectivity index (χ2v) is 9.19. The standard InChI is InChI=1S/C26H22Cl2N4O6/c1-31-21-10-7-15(29-13-33)12-17(21)24(35)32(26(31)38)16-8-5-14(6-9-16)11-20(25(36)37)30-23(34)22-18(27)3-2-4-19(22)28/h2-10,12,20,29,33H,11,13H2,1H3,(H,30,34)(H,36,37)/t20-/m0/s1. The predicted octanol–water partition coefficient (Wildman–Crippen LogP) is 2.78. The van der Waals surface area contributed by atoms with Crippen molar-refractivity contribution in [3.63, 3.8) is 0 Å². The van der Waals surface area contributed by atoms with Gasteiger partial charge in [0.2, 0.25) is 0 Å². The molecule has 0 aliphatic carbocycles. The SMILES string of the molecule is Cn1c(=O)n(-c2ccc(C[C@H](NC(=O)c3c(Cl)cccc3Cl)C(=O)O)cc2)c(=O)c2cc(NCO)ccc21. The highest BCUT2D eigenvalue weighted by Gasteiger charge is 2.24. The number of nitrogens with one attached hydrogen (secondary N) is 2. The zero-order chi connectivity index (χ0) is 27.6. The lowest BCUT2D eigenvalue weighted by atomic mass is 10.0. The summed E-state index contributed by atoms with van der Waals surface area (Å²) >= 11 is 12.1. The number of carboxylic acid groups (broad SMARTS) is 1. The minimum atomic E-state index is -1.30. The van der Waals surface area contributed by atoms with Crippen LogP contribution in [0.15, 0.2) is 70.3 Å². The first-order valence-corrected chi connectivity index (χ1v) is 12.1. The van der Waals surface area contributed by atoms with Gasteiger partial charge in [0.25, 0.3) is 11.5 Å². The molecule has 196 valence electrons. The first-order chi connectivity index (χ1) is 18.1. The molecular formula is C26H22Cl2N4O6. The summed E-state index contributed by atoms with van der Waals surface area (Å²) in [5.41, 5.74) is 0.608. The molecule has 0 aliphatic rings. The van der Waals surface area contributed by atoms with Crippen molar-refractivity contribution >= 4 is 51.7 Å². The third-order valence-electron chi connectivity index (χ3n) is 5.98. The lowest BCUT2D eigenvalue weighted by Crippen LogP contribution is -2.42. The van der Waals surface area contributed by atoms with E-state index in [1.807, 2.05) is 0 Å². The summed E-state index contributed by atoms with van der Waals surface area (Å²) in [4.78, 5) is 50.8. The van der Waals surface area contributed by atoms with Crippen LogP contribution in [0, 0.1) is 0 Å². The van der Waals surface area contributed by atoms with Gasteiger partial charge in [-0.15, -0.1) is 0 Å². The first-order valence-electron chi connectivity index (χ1n) is 11.3. The molecule has 1 atom stereocenters. The number of anilines is 1. The predicted molar refractivity (Wildman–Crippen MR) is 145 cm³/mol. The third-order valence-corrected chi connectivity index (χ3v) is 6.61. The van der Waals surface area contributed by atoms with Gasteiger partial charge in [0.05, 0.1) is 32.2 Å². The van der Waals surface area contributed by atoms with Gasteiger partial charge in [-0.3, -0.25) is 14.2 Å². The molecule has 0 saturated carbocycles. The number of aliphatic carboxylic acids is 1. The second-order valence-electron chi connectivity index (χ2n) is 8.38. The number of benzene rings is 3. The van der Waals surface area contributed by atoms with Gasteiger partial charge in [-0.1, -0.05) is 41.4 Å². The molecule has 0 radical (unpaired) electrons. The van der Waals surface area contributed by atoms with Crippen LogP contribution in [0.25, 0.3) is 16.6 Å². The van der Waals surface area contributed by atoms with Crippen molar-refractivity contribution in [2.45, 2.75) is 12.5 Å². The van der Waals surface area contributed by atoms with Gasteiger partial charge in [-0.2, -0.15) is 0 Å². The molecule has 1 heterocycles. The highest BCUT2D eigenvalue weighted by Crippen LogP contribution is 2.24. The average Bonchev–Trinajstić information content (AvgIpc) is 2.88. The van der Waals surface area contributed by atoms with E-state index in [1.54, 1.807) is 43.4 Å². The highest BCUT2D eigenvalue weighted by atomic mass is 35.5. The molecule has 3 aromatic carbocycles. The number of carbonyl (C=O) groups excluding carboxylic acids is 1. The number of aliphatic hydroxyl groups is 1. The van der Waals surface area contributed by atoms with Crippen LogP contribution in [0.2, 0.25) is 10.0 Å². The topological polar surface area (TPSA) is 143 Å². The summed E-state index contributed by atoms with van der Waals surface area (Å²) < 4.78 is 2.34. The van der Waals surface area contributed by atoms with Gasteiger partial charge in [0, 0.05) is 19.2 Å². The Bertz CT molecular complexity index is 1640. The van der Waals surface area contributed by atoms with E-state index in [1.165, 1.54) is 28.8 Å². The molecule has 0 saturated heterocycles. The van der Waals surface area contributed by atoms with Crippen molar-refractivity contribution in [2.24, 2.45) is 7.05 Å². The van der Waals surface area contributed by atoms with E-state index in [0.29, 0.717) is 16.8 Å². The molecule has 12 heteroatoms. The van der Waals surface area contributed by atoms with Gasteiger partial charge >= 0.3 is 11.7 Å². The number of hydrogen-bond acceptors (Lipinski definition) is 6. The van der Waals surface area contributed by atoms with Crippen LogP contribution >= 0.6 is 23.2 Å². The Morgan fingerprint density at radius 3 is 2.26 bits per heavy atom. The van der Waals surface area contributed by atoms with E-state index >= 15 is 0 Å². The molecule has 0 unspecified atom stereocenters. The normalized spacial score (nSPS) is 11.8. The lowest BCUT2D eigenvalue weighted by molar-refractivity contribution is -0.139. The Hall–Kier alpha value is -4.12. The molecule has 4 N–H and O–H groups in total. The molecule has 4 aromatic rings. The zero-order valence-corrected chi connectivity index (χ0v) is 21.5. The molecule has 10 nitrogen and oxygen atoms in total. The maximum atomic E-state index is 13.2. The van der Waals surface area contributed by atoms with Crippen LogP contribution in [0.3, 0.4) is 0 Å². The van der Waals surface area contributed by atoms with E-state index in [9.17, 15) is 24.3 Å². The number of carbonyl (C=O) groups is 2. The van der Waals surface area contributed by atoms with E-state index in [4.69, 9.17) is 28.3 Å². The molecule has 1 aromatic heterocycles. The summed E-state index contributed by atoms with van der Waals surface area (Å²) in [6.45, 7) is -0.323. The lowest BCUT2D eigenvalue weighted by Gasteiger charge is -2.16. The summed E-state index contributed by atoms with van der Waals surface area (Å²) in [5.74, 6) is -2.00. The van der Waals surface area contributed by atoms with Gasteiger partial charge in [-0.05, 0) is 48.0 Å². The molecule has 0 spiro atoms. The van der Waals surface area contributed by atoms with E-state index in [2.05, 4.69) is 10.6 Å². The Balaban J connectivity index is 1.63. The number of fused-ring (bicyclic) bond motifs is 1. The van der Waals surface area contributed by atoms with Crippen molar-refractivity contribution < 1.29 is 19.8 Å². The Labute approximate surface area is 225 Å². The van der Waals surface area contributed by atoms with Crippen molar-refractivity contribution in [3.8, 4) is 5.69 Å². The van der Waals surface area contributed by atoms with E-state index in [-0.39, 0.29) is 39.8 Å². The second kappa shape index (κ2) is 11.1. The van der Waals surface area contributed by atoms with Crippen LogP contribution in [-0.4, -0.2) is 44.0 Å². The molecule has 1 amide bonds. The number of halogens is 2. The maximum absolute atomic E-state index is 13.2. The maximum Gasteiger partial charge on any atom is 0.335 e. The fourth-order valence-corrected chi connectivity index (χ4v) is 4.62. The van der Waals surface area contributed by atoms with Crippen molar-refractivity contribution in [1.82, 2.24) is 14.5 Å². The minimum Gasteiger partial charge on any atom is -0.480 e. The molecular weight excluding hydrogens is 535 g/mol. The van der Waals surface area contributed by atoms with Crippen LogP contribution in [-0.2, 0) is 18.3 Å². The number of amides is 1. The van der Waals surface area contributed by atoms with Gasteiger partial charge in [0.1, 0.15) is 12.8 Å². The average molecular weight is 557 g/mol. The summed E-state index contributed by atoms with van der Waals surface area (Å²) in [7, 11) is 1.54.